The van der Waals surface area contributed by atoms with Gasteiger partial charge < -0.3 is 0 Å². The lowest BCUT2D eigenvalue weighted by Gasteiger charge is -2.35. The van der Waals surface area contributed by atoms with Crippen LogP contribution in [0.2, 0.25) is 18.6 Å². The lowest BCUT2D eigenvalue weighted by Crippen LogP contribution is -2.49. The summed E-state index contributed by atoms with van der Waals surface area (Å²) in [5, 5.41) is 0. The van der Waals surface area contributed by atoms with Crippen molar-refractivity contribution >= 4 is 8.24 Å². The van der Waals surface area contributed by atoms with Crippen LogP contribution in [0.3, 0.4) is 0 Å². The van der Waals surface area contributed by atoms with Crippen LogP contribution in [-0.4, -0.2) is 27.3 Å². The standard InChI is InChI=1S/C15H35NO2Si/c1-6-8-10-12-14-19(5,16(17-3)18-4)15-13-11-9-7-2/h6-15H2,1-5H3. The molecule has 0 saturated heterocycles. The molecule has 0 fully saturated rings. The molecule has 0 aliphatic heterocycles. The molecule has 0 bridgehead atoms. The van der Waals surface area contributed by atoms with Crippen molar-refractivity contribution in [1.29, 1.82) is 0 Å². The maximum atomic E-state index is 5.45. The molecule has 0 aliphatic rings. The van der Waals surface area contributed by atoms with E-state index in [1.165, 1.54) is 63.5 Å². The van der Waals surface area contributed by atoms with Gasteiger partial charge in [-0.2, -0.15) is 0 Å². The predicted molar refractivity (Wildman–Crippen MR) is 85.4 cm³/mol. The molecule has 116 valence electrons. The number of rotatable bonds is 13. The normalized spacial score (nSPS) is 12.3. The number of hydrogen-bond acceptors (Lipinski definition) is 3. The van der Waals surface area contributed by atoms with Gasteiger partial charge in [0.15, 0.2) is 8.24 Å². The summed E-state index contributed by atoms with van der Waals surface area (Å²) >= 11 is 0. The third-order valence-electron chi connectivity index (χ3n) is 3.91. The van der Waals surface area contributed by atoms with Crippen LogP contribution in [0.15, 0.2) is 0 Å². The van der Waals surface area contributed by atoms with Crippen LogP contribution in [0, 0.1) is 0 Å². The summed E-state index contributed by atoms with van der Waals surface area (Å²) in [7, 11) is 1.87. The van der Waals surface area contributed by atoms with Crippen molar-refractivity contribution in [3.05, 3.63) is 0 Å². The fourth-order valence-electron chi connectivity index (χ4n) is 2.69. The molecule has 0 amide bonds. The highest BCUT2D eigenvalue weighted by Crippen LogP contribution is 2.27. The zero-order chi connectivity index (χ0) is 14.6. The average Bonchev–Trinajstić information content (AvgIpc) is 2.41. The maximum absolute atomic E-state index is 5.45. The Morgan fingerprint density at radius 2 is 1.16 bits per heavy atom. The highest BCUT2D eigenvalue weighted by atomic mass is 28.3. The second kappa shape index (κ2) is 11.9. The first-order valence-electron chi connectivity index (χ1n) is 8.03. The number of nitrogens with zero attached hydrogens (tertiary/aromatic N) is 1. The molecule has 0 aromatic heterocycles. The van der Waals surface area contributed by atoms with E-state index in [1.54, 1.807) is 14.2 Å². The van der Waals surface area contributed by atoms with Crippen molar-refractivity contribution in [2.75, 3.05) is 14.2 Å². The Bertz CT molecular complexity index is 187. The van der Waals surface area contributed by atoms with Gasteiger partial charge in [0.1, 0.15) is 0 Å². The third kappa shape index (κ3) is 8.08. The van der Waals surface area contributed by atoms with Gasteiger partial charge in [-0.1, -0.05) is 71.8 Å². The molecule has 0 aromatic rings. The van der Waals surface area contributed by atoms with Crippen molar-refractivity contribution in [2.45, 2.75) is 83.8 Å². The van der Waals surface area contributed by atoms with E-state index in [-0.39, 0.29) is 0 Å². The van der Waals surface area contributed by atoms with Crippen molar-refractivity contribution in [3.8, 4) is 0 Å². The smallest absolute Gasteiger partial charge is 0.194 e. The van der Waals surface area contributed by atoms with Gasteiger partial charge in [-0.25, -0.2) is 0 Å². The van der Waals surface area contributed by atoms with E-state index in [2.05, 4.69) is 20.4 Å². The first-order chi connectivity index (χ1) is 9.14. The van der Waals surface area contributed by atoms with Gasteiger partial charge in [0.25, 0.3) is 0 Å². The van der Waals surface area contributed by atoms with Gasteiger partial charge in [-0.3, -0.25) is 9.68 Å². The monoisotopic (exact) mass is 289 g/mol. The summed E-state index contributed by atoms with van der Waals surface area (Å²) < 4.78 is 0. The van der Waals surface area contributed by atoms with Gasteiger partial charge in [0, 0.05) is 0 Å². The van der Waals surface area contributed by atoms with Crippen molar-refractivity contribution in [2.24, 2.45) is 0 Å². The highest BCUT2D eigenvalue weighted by Gasteiger charge is 2.35. The summed E-state index contributed by atoms with van der Waals surface area (Å²) in [6.45, 7) is 6.92. The molecular formula is C15H35NO2Si. The Kier molecular flexibility index (Phi) is 11.9. The van der Waals surface area contributed by atoms with Crippen LogP contribution in [0.25, 0.3) is 0 Å². The Morgan fingerprint density at radius 3 is 1.47 bits per heavy atom. The third-order valence-corrected chi connectivity index (χ3v) is 8.02. The molecule has 0 radical (unpaired) electrons. The molecule has 0 saturated carbocycles. The van der Waals surface area contributed by atoms with Gasteiger partial charge in [-0.05, 0) is 12.1 Å². The zero-order valence-corrected chi connectivity index (χ0v) is 14.8. The topological polar surface area (TPSA) is 21.7 Å². The van der Waals surface area contributed by atoms with E-state index >= 15 is 0 Å². The molecule has 4 heteroatoms. The lowest BCUT2D eigenvalue weighted by atomic mass is 10.2. The van der Waals surface area contributed by atoms with E-state index < -0.39 is 8.24 Å². The van der Waals surface area contributed by atoms with Crippen LogP contribution >= 0.6 is 0 Å². The summed E-state index contributed by atoms with van der Waals surface area (Å²) in [5.74, 6) is 0. The molecule has 0 N–H and O–H groups in total. The van der Waals surface area contributed by atoms with Crippen molar-refractivity contribution < 1.29 is 9.68 Å². The molecule has 0 aliphatic carbocycles. The molecule has 19 heavy (non-hydrogen) atoms. The fraction of sp³-hybridized carbons (Fsp3) is 1.00. The fourth-order valence-corrected chi connectivity index (χ4v) is 6.21. The minimum atomic E-state index is -1.59. The van der Waals surface area contributed by atoms with Crippen LogP contribution in [0.5, 0.6) is 0 Å². The van der Waals surface area contributed by atoms with Gasteiger partial charge in [-0.15, -0.1) is 4.89 Å². The number of hydrogen-bond donors (Lipinski definition) is 0. The average molecular weight is 290 g/mol. The van der Waals surface area contributed by atoms with Crippen LogP contribution < -0.4 is 0 Å². The number of unbranched alkanes of at least 4 members (excludes halogenated alkanes) is 6. The van der Waals surface area contributed by atoms with Crippen molar-refractivity contribution in [1.82, 2.24) is 4.89 Å². The second-order valence-electron chi connectivity index (χ2n) is 5.74. The molecule has 0 atom stereocenters. The molecule has 0 rings (SSSR count). The van der Waals surface area contributed by atoms with Crippen LogP contribution in [0.4, 0.5) is 0 Å². The molecule has 0 spiro atoms. The summed E-state index contributed by atoms with van der Waals surface area (Å²) in [6.07, 6.45) is 10.6. The zero-order valence-electron chi connectivity index (χ0n) is 13.8. The summed E-state index contributed by atoms with van der Waals surface area (Å²) in [6, 6.07) is 2.56. The highest BCUT2D eigenvalue weighted by molar-refractivity contribution is 6.75. The predicted octanol–water partition coefficient (Wildman–Crippen LogP) is 5.15. The Hall–Kier alpha value is 0.0969. The first kappa shape index (κ1) is 19.1. The molecular weight excluding hydrogens is 254 g/mol. The van der Waals surface area contributed by atoms with E-state index in [9.17, 15) is 0 Å². The van der Waals surface area contributed by atoms with E-state index in [4.69, 9.17) is 9.68 Å². The lowest BCUT2D eigenvalue weighted by molar-refractivity contribution is -0.284. The largest absolute Gasteiger partial charge is 0.285 e. The van der Waals surface area contributed by atoms with Crippen LogP contribution in [0.1, 0.15) is 65.2 Å². The van der Waals surface area contributed by atoms with Gasteiger partial charge in [0.2, 0.25) is 0 Å². The Balaban J connectivity index is 4.26. The summed E-state index contributed by atoms with van der Waals surface area (Å²) in [4.78, 5) is 12.7. The Morgan fingerprint density at radius 1 is 0.737 bits per heavy atom. The second-order valence-corrected chi connectivity index (χ2v) is 10.1. The molecule has 0 aromatic carbocycles. The maximum Gasteiger partial charge on any atom is 0.194 e. The SMILES string of the molecule is CCCCCC[Si](C)(CCCCCC)N(OC)OC. The summed E-state index contributed by atoms with van der Waals surface area (Å²) in [5.41, 5.74) is 0. The van der Waals surface area contributed by atoms with Crippen LogP contribution in [-0.2, 0) is 9.68 Å². The molecule has 0 unspecified atom stereocenters. The van der Waals surface area contributed by atoms with E-state index in [0.717, 1.165) is 0 Å². The van der Waals surface area contributed by atoms with Gasteiger partial charge >= 0.3 is 0 Å². The first-order valence-corrected chi connectivity index (χ1v) is 10.9. The quantitative estimate of drug-likeness (QED) is 0.266. The van der Waals surface area contributed by atoms with E-state index in [0.29, 0.717) is 0 Å². The minimum Gasteiger partial charge on any atom is -0.285 e. The van der Waals surface area contributed by atoms with Gasteiger partial charge in [0.05, 0.1) is 14.2 Å². The Labute approximate surface area is 121 Å². The minimum absolute atomic E-state index is 1.28. The molecule has 3 nitrogen and oxygen atoms in total. The van der Waals surface area contributed by atoms with Crippen molar-refractivity contribution in [3.63, 3.8) is 0 Å². The molecule has 0 heterocycles. The van der Waals surface area contributed by atoms with E-state index in [1.807, 2.05) is 4.89 Å².